The SMILES string of the molecule is Cc1cnc(C(c2ncc(C)s2)c2nc3c(O)cc(-c4c(C)noc4C)cc3n2-c2csc(C(=O)C3CC3)c2)s1. The molecule has 5 aromatic heterocycles. The van der Waals surface area contributed by atoms with E-state index in [0.29, 0.717) is 17.1 Å². The Morgan fingerprint density at radius 3 is 2.33 bits per heavy atom. The van der Waals surface area contributed by atoms with Crippen molar-refractivity contribution in [3.63, 3.8) is 0 Å². The number of imidazole rings is 1. The highest BCUT2D eigenvalue weighted by Gasteiger charge is 2.33. The Morgan fingerprint density at radius 2 is 1.75 bits per heavy atom. The number of nitrogens with zero attached hydrogens (tertiary/aromatic N) is 5. The van der Waals surface area contributed by atoms with Gasteiger partial charge < -0.3 is 9.63 Å². The lowest BCUT2D eigenvalue weighted by molar-refractivity contribution is 0.0971. The largest absolute Gasteiger partial charge is 0.506 e. The van der Waals surface area contributed by atoms with Crippen LogP contribution in [0.5, 0.6) is 5.75 Å². The number of fused-ring (bicyclic) bond motifs is 1. The van der Waals surface area contributed by atoms with Gasteiger partial charge in [-0.15, -0.1) is 34.0 Å². The molecule has 6 aromatic rings. The summed E-state index contributed by atoms with van der Waals surface area (Å²) in [6.07, 6.45) is 5.64. The van der Waals surface area contributed by atoms with E-state index in [1.807, 2.05) is 57.6 Å². The zero-order valence-corrected chi connectivity index (χ0v) is 24.7. The number of phenolic OH excluding ortho intramolecular Hbond substituents is 1. The number of carbonyl (C=O) groups is 1. The number of carbonyl (C=O) groups excluding carboxylic acids is 1. The van der Waals surface area contributed by atoms with Crippen LogP contribution in [-0.2, 0) is 0 Å². The van der Waals surface area contributed by atoms with Gasteiger partial charge in [0.1, 0.15) is 38.8 Å². The van der Waals surface area contributed by atoms with Gasteiger partial charge in [0.15, 0.2) is 5.78 Å². The molecule has 1 saturated carbocycles. The van der Waals surface area contributed by atoms with Crippen molar-refractivity contribution in [1.82, 2.24) is 24.7 Å². The molecule has 1 aliphatic rings. The van der Waals surface area contributed by atoms with Crippen molar-refractivity contribution in [1.29, 1.82) is 0 Å². The molecule has 0 radical (unpaired) electrons. The number of hydrogen-bond acceptors (Lipinski definition) is 10. The van der Waals surface area contributed by atoms with Crippen LogP contribution < -0.4 is 0 Å². The molecular weight excluding hydrogens is 563 g/mol. The smallest absolute Gasteiger partial charge is 0.175 e. The highest BCUT2D eigenvalue weighted by atomic mass is 32.1. The molecule has 7 rings (SSSR count). The monoisotopic (exact) mass is 587 g/mol. The van der Waals surface area contributed by atoms with E-state index in [1.165, 1.54) is 11.3 Å². The number of aromatic nitrogens is 5. The first-order valence-electron chi connectivity index (χ1n) is 12.9. The Morgan fingerprint density at radius 1 is 1.05 bits per heavy atom. The lowest BCUT2D eigenvalue weighted by Crippen LogP contribution is -2.10. The Bertz CT molecular complexity index is 1860. The van der Waals surface area contributed by atoms with Crippen LogP contribution in [0.25, 0.3) is 27.8 Å². The van der Waals surface area contributed by atoms with E-state index in [-0.39, 0.29) is 23.4 Å². The maximum Gasteiger partial charge on any atom is 0.175 e. The molecule has 0 aliphatic heterocycles. The average Bonchev–Trinajstić information content (AvgIpc) is 3.32. The fourth-order valence-corrected chi connectivity index (χ4v) is 7.86. The van der Waals surface area contributed by atoms with Gasteiger partial charge >= 0.3 is 0 Å². The van der Waals surface area contributed by atoms with Crippen molar-refractivity contribution < 1.29 is 14.4 Å². The van der Waals surface area contributed by atoms with Crippen molar-refractivity contribution in [3.05, 3.63) is 77.9 Å². The van der Waals surface area contributed by atoms with Gasteiger partial charge in [-0.25, -0.2) is 15.0 Å². The van der Waals surface area contributed by atoms with E-state index in [2.05, 4.69) is 9.72 Å². The van der Waals surface area contributed by atoms with Gasteiger partial charge in [-0.3, -0.25) is 9.36 Å². The van der Waals surface area contributed by atoms with E-state index in [9.17, 15) is 9.90 Å². The fraction of sp³-hybridized carbons (Fsp3) is 0.276. The summed E-state index contributed by atoms with van der Waals surface area (Å²) in [4.78, 5) is 30.4. The van der Waals surface area contributed by atoms with E-state index in [4.69, 9.17) is 19.5 Å². The second-order valence-corrected chi connectivity index (χ2v) is 13.7. The molecule has 0 bridgehead atoms. The second kappa shape index (κ2) is 9.46. The quantitative estimate of drug-likeness (QED) is 0.194. The van der Waals surface area contributed by atoms with Gasteiger partial charge in [0.05, 0.1) is 21.8 Å². The van der Waals surface area contributed by atoms with E-state index >= 15 is 0 Å². The Hall–Kier alpha value is -3.67. The van der Waals surface area contributed by atoms with Gasteiger partial charge in [-0.1, -0.05) is 5.16 Å². The summed E-state index contributed by atoms with van der Waals surface area (Å²) in [7, 11) is 0. The van der Waals surface area contributed by atoms with Gasteiger partial charge in [0.2, 0.25) is 0 Å². The summed E-state index contributed by atoms with van der Waals surface area (Å²) in [5, 5.41) is 19.2. The third kappa shape index (κ3) is 4.20. The van der Waals surface area contributed by atoms with Gasteiger partial charge in [-0.05, 0) is 64.3 Å². The highest BCUT2D eigenvalue weighted by molar-refractivity contribution is 7.13. The number of hydrogen-bond donors (Lipinski definition) is 1. The summed E-state index contributed by atoms with van der Waals surface area (Å²) in [6, 6.07) is 5.67. The van der Waals surface area contributed by atoms with Crippen LogP contribution in [0, 0.1) is 33.6 Å². The topological polar surface area (TPSA) is 107 Å². The number of thiophene rings is 1. The molecule has 40 heavy (non-hydrogen) atoms. The maximum absolute atomic E-state index is 13.0. The molecule has 1 aliphatic carbocycles. The molecule has 11 heteroatoms. The van der Waals surface area contributed by atoms with E-state index in [1.54, 1.807) is 28.7 Å². The first kappa shape index (κ1) is 25.3. The summed E-state index contributed by atoms with van der Waals surface area (Å²) >= 11 is 4.67. The molecule has 1 fully saturated rings. The molecule has 0 amide bonds. The van der Waals surface area contributed by atoms with Crippen LogP contribution in [0.4, 0.5) is 0 Å². The third-order valence-corrected chi connectivity index (χ3v) is 10.0. The van der Waals surface area contributed by atoms with Gasteiger partial charge in [-0.2, -0.15) is 0 Å². The lowest BCUT2D eigenvalue weighted by Gasteiger charge is -2.14. The molecular formula is C29H25N5O3S3. The summed E-state index contributed by atoms with van der Waals surface area (Å²) in [5.74, 6) is 1.39. The fourth-order valence-electron chi connectivity index (χ4n) is 5.14. The minimum absolute atomic E-state index is 0.0569. The van der Waals surface area contributed by atoms with Crippen molar-refractivity contribution in [2.45, 2.75) is 46.5 Å². The number of thiazole rings is 2. The van der Waals surface area contributed by atoms with Gasteiger partial charge in [0, 0.05) is 39.0 Å². The molecule has 1 aromatic carbocycles. The number of phenols is 1. The highest BCUT2D eigenvalue weighted by Crippen LogP contribution is 2.43. The molecule has 0 spiro atoms. The molecule has 0 unspecified atom stereocenters. The first-order valence-corrected chi connectivity index (χ1v) is 15.5. The number of aromatic hydroxyl groups is 1. The minimum Gasteiger partial charge on any atom is -0.506 e. The molecule has 1 N–H and O–H groups in total. The van der Waals surface area contributed by atoms with Crippen LogP contribution in [-0.4, -0.2) is 35.6 Å². The average molecular weight is 588 g/mol. The summed E-state index contributed by atoms with van der Waals surface area (Å²) in [6.45, 7) is 7.81. The van der Waals surface area contributed by atoms with Crippen molar-refractivity contribution in [2.24, 2.45) is 5.92 Å². The van der Waals surface area contributed by atoms with Crippen LogP contribution in [0.15, 0.2) is 40.5 Å². The third-order valence-electron chi connectivity index (χ3n) is 7.15. The zero-order chi connectivity index (χ0) is 27.7. The Kier molecular flexibility index (Phi) is 5.99. The summed E-state index contributed by atoms with van der Waals surface area (Å²) in [5.41, 5.74) is 4.38. The minimum atomic E-state index is -0.353. The molecule has 0 atom stereocenters. The zero-order valence-electron chi connectivity index (χ0n) is 22.3. The van der Waals surface area contributed by atoms with Crippen molar-refractivity contribution in [2.75, 3.05) is 0 Å². The van der Waals surface area contributed by atoms with Gasteiger partial charge in [0.25, 0.3) is 0 Å². The number of ketones is 1. The number of aryl methyl sites for hydroxylation is 4. The standard InChI is InChI=1S/C29H25N5O3S3/c1-13-10-30-28(39-13)24(29-31-11-14(2)40-29)27-32-25-20(7-18(8-21(25)35)23-15(3)33-37-16(23)4)34(27)19-9-22(38-12-19)26(36)17-5-6-17/h7-12,17,24,35H,5-6H2,1-4H3. The Labute approximate surface area is 242 Å². The van der Waals surface area contributed by atoms with E-state index < -0.39 is 0 Å². The normalized spacial score (nSPS) is 13.6. The van der Waals surface area contributed by atoms with Crippen LogP contribution in [0.2, 0.25) is 0 Å². The lowest BCUT2D eigenvalue weighted by atomic mass is 10.0. The molecule has 5 heterocycles. The molecule has 202 valence electrons. The Balaban J connectivity index is 1.52. The number of Topliss-reactive ketones (excluding diaryl/α,β-unsaturated/α-hetero) is 1. The van der Waals surface area contributed by atoms with Crippen molar-refractivity contribution >= 4 is 50.8 Å². The van der Waals surface area contributed by atoms with Crippen LogP contribution in [0.1, 0.15) is 65.5 Å². The second-order valence-electron chi connectivity index (χ2n) is 10.2. The maximum atomic E-state index is 13.0. The number of benzene rings is 1. The summed E-state index contributed by atoms with van der Waals surface area (Å²) < 4.78 is 7.49. The molecule has 0 saturated heterocycles. The van der Waals surface area contributed by atoms with E-state index in [0.717, 1.165) is 65.5 Å². The number of rotatable bonds is 7. The molecule has 8 nitrogen and oxygen atoms in total. The predicted molar refractivity (Wildman–Crippen MR) is 157 cm³/mol. The van der Waals surface area contributed by atoms with Crippen LogP contribution in [0.3, 0.4) is 0 Å². The van der Waals surface area contributed by atoms with Crippen LogP contribution >= 0.6 is 34.0 Å². The van der Waals surface area contributed by atoms with Crippen molar-refractivity contribution in [3.8, 4) is 22.6 Å². The first-order chi connectivity index (χ1) is 19.3. The predicted octanol–water partition coefficient (Wildman–Crippen LogP) is 7.37.